The van der Waals surface area contributed by atoms with Gasteiger partial charge in [0.2, 0.25) is 0 Å². The van der Waals surface area contributed by atoms with Crippen molar-refractivity contribution in [2.45, 2.75) is 27.2 Å². The predicted octanol–water partition coefficient (Wildman–Crippen LogP) is 1.62. The largest absolute Gasteiger partial charge is 0.253 e. The second-order valence-electron chi connectivity index (χ2n) is 5.20. The summed E-state index contributed by atoms with van der Waals surface area (Å²) in [5, 5.41) is 0. The zero-order chi connectivity index (χ0) is 10.3. The van der Waals surface area contributed by atoms with Crippen molar-refractivity contribution in [1.29, 1.82) is 0 Å². The van der Waals surface area contributed by atoms with Crippen LogP contribution in [-0.4, -0.2) is 33.7 Å². The van der Waals surface area contributed by atoms with E-state index in [1.54, 1.807) is 6.26 Å². The van der Waals surface area contributed by atoms with Crippen LogP contribution in [0.4, 0.5) is 0 Å². The Hall–Kier alpha value is -0.0200. The first kappa shape index (κ1) is 11.1. The molecule has 0 saturated carbocycles. The van der Waals surface area contributed by atoms with E-state index in [4.69, 9.17) is 0 Å². The van der Waals surface area contributed by atoms with Crippen LogP contribution in [0.25, 0.3) is 0 Å². The van der Waals surface area contributed by atoms with Crippen LogP contribution in [0.3, 0.4) is 0 Å². The van der Waals surface area contributed by atoms with Crippen LogP contribution >= 0.6 is 0 Å². The van der Waals surface area contributed by atoms with Gasteiger partial charge in [-0.1, -0.05) is 20.8 Å². The maximum Gasteiger partial charge on any atom is 0.0245 e. The molecule has 1 aliphatic rings. The first-order valence-corrected chi connectivity index (χ1v) is 6.88. The van der Waals surface area contributed by atoms with Crippen molar-refractivity contribution in [3.05, 3.63) is 0 Å². The van der Waals surface area contributed by atoms with Crippen molar-refractivity contribution >= 4 is 15.6 Å². The molecule has 2 unspecified atom stereocenters. The fourth-order valence-electron chi connectivity index (χ4n) is 1.79. The molecule has 0 aromatic carbocycles. The molecule has 0 amide bonds. The van der Waals surface area contributed by atoms with E-state index in [0.717, 1.165) is 19.5 Å². The number of hydrogen-bond donors (Lipinski definition) is 0. The topological polar surface area (TPSA) is 20.3 Å². The lowest BCUT2D eigenvalue weighted by Gasteiger charge is -2.27. The second-order valence-corrected chi connectivity index (χ2v) is 7.63. The molecule has 2 atom stereocenters. The van der Waals surface area contributed by atoms with E-state index in [2.05, 4.69) is 26.6 Å². The molecule has 78 valence electrons. The Kier molecular flexibility index (Phi) is 2.79. The highest BCUT2D eigenvalue weighted by Crippen LogP contribution is 2.34. The van der Waals surface area contributed by atoms with Gasteiger partial charge in [-0.3, -0.25) is 4.21 Å². The lowest BCUT2D eigenvalue weighted by Crippen LogP contribution is -2.30. The van der Waals surface area contributed by atoms with E-state index in [0.29, 0.717) is 11.3 Å². The van der Waals surface area contributed by atoms with E-state index in [1.807, 2.05) is 4.31 Å². The van der Waals surface area contributed by atoms with Crippen molar-refractivity contribution in [3.8, 4) is 0 Å². The van der Waals surface area contributed by atoms with Gasteiger partial charge in [-0.25, -0.2) is 4.31 Å². The Bertz CT molecular complexity index is 274. The minimum absolute atomic E-state index is 0.333. The first-order valence-electron chi connectivity index (χ1n) is 4.78. The molecule has 0 aromatic rings. The average Bonchev–Trinajstić information content (AvgIpc) is 2.28. The summed E-state index contributed by atoms with van der Waals surface area (Å²) in [6.07, 6.45) is 2.89. The summed E-state index contributed by atoms with van der Waals surface area (Å²) >= 11 is 0. The van der Waals surface area contributed by atoms with Gasteiger partial charge >= 0.3 is 0 Å². The highest BCUT2D eigenvalue weighted by atomic mass is 32.2. The van der Waals surface area contributed by atoms with E-state index in [-0.39, 0.29) is 0 Å². The standard InChI is InChI=1S/C10H21NOS/c1-10(2,3)9-6-7-11(8-9)13(4,5)12/h9H,4,6-8H2,1-3,5H3. The molecule has 0 spiro atoms. The third-order valence-electron chi connectivity index (χ3n) is 2.92. The Balaban J connectivity index is 2.66. The zero-order valence-corrected chi connectivity index (χ0v) is 9.99. The molecule has 0 aromatic heterocycles. The summed E-state index contributed by atoms with van der Waals surface area (Å²) in [6.45, 7) is 8.65. The average molecular weight is 203 g/mol. The molecule has 0 N–H and O–H groups in total. The van der Waals surface area contributed by atoms with E-state index < -0.39 is 9.71 Å². The molecule has 1 fully saturated rings. The molecule has 0 aliphatic carbocycles. The SMILES string of the molecule is C=S(C)(=O)N1CCC(C(C)(C)C)C1. The van der Waals surface area contributed by atoms with Crippen molar-refractivity contribution < 1.29 is 4.21 Å². The smallest absolute Gasteiger partial charge is 0.0245 e. The second kappa shape index (κ2) is 3.28. The van der Waals surface area contributed by atoms with Gasteiger partial charge in [0, 0.05) is 29.1 Å². The zero-order valence-electron chi connectivity index (χ0n) is 9.17. The highest BCUT2D eigenvalue weighted by molar-refractivity contribution is 7.97. The normalized spacial score (nSPS) is 30.3. The van der Waals surface area contributed by atoms with Crippen LogP contribution in [0, 0.1) is 11.3 Å². The highest BCUT2D eigenvalue weighted by Gasteiger charge is 2.33. The number of hydrogen-bond acceptors (Lipinski definition) is 1. The summed E-state index contributed by atoms with van der Waals surface area (Å²) in [4.78, 5) is 0. The predicted molar refractivity (Wildman–Crippen MR) is 60.3 cm³/mol. The minimum atomic E-state index is -1.96. The third-order valence-corrected chi connectivity index (χ3v) is 4.35. The van der Waals surface area contributed by atoms with Crippen molar-refractivity contribution in [2.75, 3.05) is 19.3 Å². The molecule has 0 radical (unpaired) electrons. The lowest BCUT2D eigenvalue weighted by atomic mass is 9.80. The Morgan fingerprint density at radius 2 is 2.00 bits per heavy atom. The molecule has 2 nitrogen and oxygen atoms in total. The van der Waals surface area contributed by atoms with Gasteiger partial charge in [0.15, 0.2) is 0 Å². The first-order chi connectivity index (χ1) is 5.71. The monoisotopic (exact) mass is 203 g/mol. The summed E-state index contributed by atoms with van der Waals surface area (Å²) in [7, 11) is -1.96. The molecule has 0 bridgehead atoms. The summed E-state index contributed by atoms with van der Waals surface area (Å²) < 4.78 is 13.7. The fourth-order valence-corrected chi connectivity index (χ4v) is 2.77. The minimum Gasteiger partial charge on any atom is -0.253 e. The van der Waals surface area contributed by atoms with Crippen LogP contribution in [0.5, 0.6) is 0 Å². The van der Waals surface area contributed by atoms with Gasteiger partial charge < -0.3 is 0 Å². The van der Waals surface area contributed by atoms with Gasteiger partial charge in [0.1, 0.15) is 0 Å². The lowest BCUT2D eigenvalue weighted by molar-refractivity contribution is 0.253. The Labute approximate surface area is 82.5 Å². The molecule has 3 heteroatoms. The van der Waals surface area contributed by atoms with Crippen LogP contribution in [0.2, 0.25) is 0 Å². The quantitative estimate of drug-likeness (QED) is 0.593. The maximum atomic E-state index is 11.7. The van der Waals surface area contributed by atoms with Gasteiger partial charge in [-0.05, 0) is 23.6 Å². The van der Waals surface area contributed by atoms with Gasteiger partial charge in [0.25, 0.3) is 0 Å². The van der Waals surface area contributed by atoms with Crippen LogP contribution in [0.1, 0.15) is 27.2 Å². The van der Waals surface area contributed by atoms with Crippen molar-refractivity contribution in [3.63, 3.8) is 0 Å². The maximum absolute atomic E-state index is 11.7. The Morgan fingerprint density at radius 3 is 2.23 bits per heavy atom. The summed E-state index contributed by atoms with van der Waals surface area (Å²) in [5.74, 6) is 4.38. The third kappa shape index (κ3) is 2.71. The molecule has 1 rings (SSSR count). The summed E-state index contributed by atoms with van der Waals surface area (Å²) in [5.41, 5.74) is 0.333. The molecule has 1 aliphatic heterocycles. The molecule has 1 heterocycles. The van der Waals surface area contributed by atoms with Crippen molar-refractivity contribution in [1.82, 2.24) is 4.31 Å². The van der Waals surface area contributed by atoms with Gasteiger partial charge in [-0.2, -0.15) is 0 Å². The van der Waals surface area contributed by atoms with Gasteiger partial charge in [-0.15, -0.1) is 0 Å². The summed E-state index contributed by atoms with van der Waals surface area (Å²) in [6, 6.07) is 0. The molecule has 13 heavy (non-hydrogen) atoms. The number of rotatable bonds is 1. The van der Waals surface area contributed by atoms with Crippen LogP contribution in [-0.2, 0) is 9.71 Å². The van der Waals surface area contributed by atoms with E-state index in [1.165, 1.54) is 0 Å². The molecule has 1 saturated heterocycles. The van der Waals surface area contributed by atoms with Crippen molar-refractivity contribution in [2.24, 2.45) is 11.3 Å². The fraction of sp³-hybridized carbons (Fsp3) is 0.900. The van der Waals surface area contributed by atoms with E-state index in [9.17, 15) is 4.21 Å². The molecular formula is C10H21NOS. The van der Waals surface area contributed by atoms with Crippen LogP contribution in [0.15, 0.2) is 0 Å². The Morgan fingerprint density at radius 1 is 1.46 bits per heavy atom. The van der Waals surface area contributed by atoms with Gasteiger partial charge in [0.05, 0.1) is 0 Å². The van der Waals surface area contributed by atoms with E-state index >= 15 is 0 Å². The number of nitrogens with zero attached hydrogens (tertiary/aromatic N) is 1. The van der Waals surface area contributed by atoms with Crippen LogP contribution < -0.4 is 0 Å². The molecular weight excluding hydrogens is 182 g/mol.